The molecule has 2 heterocycles. The molecule has 12 heteroatoms. The van der Waals surface area contributed by atoms with Gasteiger partial charge in [-0.25, -0.2) is 9.50 Å². The molecule has 5 rings (SSSR count). The highest BCUT2D eigenvalue weighted by Crippen LogP contribution is 2.32. The minimum Gasteiger partial charge on any atom is -0.406 e. The van der Waals surface area contributed by atoms with Gasteiger partial charge in [-0.2, -0.15) is 5.10 Å². The number of halogens is 3. The number of ether oxygens (including phenoxy) is 1. The highest BCUT2D eigenvalue weighted by Gasteiger charge is 2.31. The van der Waals surface area contributed by atoms with Gasteiger partial charge >= 0.3 is 6.36 Å². The summed E-state index contributed by atoms with van der Waals surface area (Å²) in [6, 6.07) is 13.2. The van der Waals surface area contributed by atoms with E-state index >= 15 is 0 Å². The molecule has 2 aromatic heterocycles. The van der Waals surface area contributed by atoms with Crippen LogP contribution in [0.4, 0.5) is 13.2 Å². The molecule has 2 aromatic carbocycles. The molecule has 1 atom stereocenters. The number of carbonyl (C=O) groups excluding carboxylic acids is 3. The summed E-state index contributed by atoms with van der Waals surface area (Å²) in [5.74, 6) is -1.53. The lowest BCUT2D eigenvalue weighted by Crippen LogP contribution is -2.30. The van der Waals surface area contributed by atoms with E-state index in [1.165, 1.54) is 41.9 Å². The maximum Gasteiger partial charge on any atom is 0.573 e. The largest absolute Gasteiger partial charge is 0.573 e. The van der Waals surface area contributed by atoms with Crippen LogP contribution in [-0.2, 0) is 13.0 Å². The zero-order chi connectivity index (χ0) is 27.7. The van der Waals surface area contributed by atoms with E-state index in [-0.39, 0.29) is 35.4 Å². The first-order chi connectivity index (χ1) is 18.6. The summed E-state index contributed by atoms with van der Waals surface area (Å²) in [4.78, 5) is 42.2. The van der Waals surface area contributed by atoms with Crippen LogP contribution in [0.3, 0.4) is 0 Å². The second kappa shape index (κ2) is 10.2. The Morgan fingerprint density at radius 3 is 2.67 bits per heavy atom. The van der Waals surface area contributed by atoms with Crippen LogP contribution in [-0.4, -0.2) is 38.6 Å². The van der Waals surface area contributed by atoms with Gasteiger partial charge in [-0.05, 0) is 54.7 Å². The van der Waals surface area contributed by atoms with E-state index in [4.69, 9.17) is 0 Å². The fraction of sp³-hybridized carbons (Fsp3) is 0.222. The maximum atomic E-state index is 13.3. The van der Waals surface area contributed by atoms with Crippen molar-refractivity contribution in [3.63, 3.8) is 0 Å². The number of nitrogens with zero attached hydrogens (tertiary/aromatic N) is 3. The van der Waals surface area contributed by atoms with Gasteiger partial charge < -0.3 is 15.4 Å². The van der Waals surface area contributed by atoms with Crippen LogP contribution in [0.5, 0.6) is 5.75 Å². The highest BCUT2D eigenvalue weighted by molar-refractivity contribution is 5.98. The van der Waals surface area contributed by atoms with Crippen molar-refractivity contribution in [2.24, 2.45) is 0 Å². The molecule has 1 aliphatic carbocycles. The first kappa shape index (κ1) is 25.9. The number of fused-ring (bicyclic) bond motifs is 2. The second-order valence-corrected chi connectivity index (χ2v) is 9.04. The first-order valence-electron chi connectivity index (χ1n) is 12.0. The fourth-order valence-corrected chi connectivity index (χ4v) is 4.54. The number of amides is 2. The fourth-order valence-electron chi connectivity index (χ4n) is 4.54. The number of nitrogens with one attached hydrogen (secondary N) is 2. The Morgan fingerprint density at radius 1 is 1.08 bits per heavy atom. The van der Waals surface area contributed by atoms with Gasteiger partial charge in [0, 0.05) is 24.2 Å². The van der Waals surface area contributed by atoms with Crippen molar-refractivity contribution >= 4 is 23.2 Å². The molecule has 200 valence electrons. The summed E-state index contributed by atoms with van der Waals surface area (Å²) in [5.41, 5.74) is 3.21. The summed E-state index contributed by atoms with van der Waals surface area (Å²) >= 11 is 0. The lowest BCUT2D eigenvalue weighted by molar-refractivity contribution is -0.274. The minimum atomic E-state index is -4.83. The van der Waals surface area contributed by atoms with E-state index in [2.05, 4.69) is 25.5 Å². The number of aromatic nitrogens is 3. The molecule has 2 amide bonds. The average molecular weight is 537 g/mol. The van der Waals surface area contributed by atoms with Crippen LogP contribution < -0.4 is 15.4 Å². The molecule has 2 N–H and O–H groups in total. The van der Waals surface area contributed by atoms with Crippen molar-refractivity contribution in [2.75, 3.05) is 0 Å². The Kier molecular flexibility index (Phi) is 6.77. The number of alkyl halides is 3. The SMILES string of the molecule is CC(=O)c1ccc2c(c1)CC[C@@H]2NC(=O)c1cc(C(=O)NCc2cccc(OC(F)(F)F)c2)nc2ccnn12. The molecule has 4 aromatic rings. The molecule has 0 fully saturated rings. The van der Waals surface area contributed by atoms with E-state index in [0.717, 1.165) is 17.2 Å². The number of carbonyl (C=O) groups is 3. The molecule has 0 saturated heterocycles. The Balaban J connectivity index is 1.32. The number of benzene rings is 2. The Hall–Kier alpha value is -4.74. The smallest absolute Gasteiger partial charge is 0.406 e. The van der Waals surface area contributed by atoms with Crippen LogP contribution >= 0.6 is 0 Å². The summed E-state index contributed by atoms with van der Waals surface area (Å²) in [6.45, 7) is 1.41. The number of hydrogen-bond acceptors (Lipinski definition) is 6. The second-order valence-electron chi connectivity index (χ2n) is 9.04. The minimum absolute atomic E-state index is 0.0312. The molecule has 9 nitrogen and oxygen atoms in total. The zero-order valence-electron chi connectivity index (χ0n) is 20.6. The average Bonchev–Trinajstić information content (AvgIpc) is 3.52. The number of rotatable bonds is 7. The van der Waals surface area contributed by atoms with Gasteiger partial charge in [0.2, 0.25) is 0 Å². The summed E-state index contributed by atoms with van der Waals surface area (Å²) in [5, 5.41) is 9.72. The number of aryl methyl sites for hydroxylation is 1. The van der Waals surface area contributed by atoms with Crippen molar-refractivity contribution < 1.29 is 32.3 Å². The quantitative estimate of drug-likeness (QED) is 0.342. The van der Waals surface area contributed by atoms with Gasteiger partial charge in [-0.15, -0.1) is 13.2 Å². The van der Waals surface area contributed by atoms with E-state index in [1.54, 1.807) is 12.1 Å². The number of Topliss-reactive ketones (excluding diaryl/α,β-unsaturated/α-hetero) is 1. The Labute approximate surface area is 220 Å². The lowest BCUT2D eigenvalue weighted by Gasteiger charge is -2.15. The lowest BCUT2D eigenvalue weighted by atomic mass is 10.0. The van der Waals surface area contributed by atoms with E-state index in [9.17, 15) is 27.6 Å². The number of ketones is 1. The van der Waals surface area contributed by atoms with Crippen LogP contribution in [0.15, 0.2) is 60.8 Å². The predicted octanol–water partition coefficient (Wildman–Crippen LogP) is 4.18. The monoisotopic (exact) mass is 537 g/mol. The summed E-state index contributed by atoms with van der Waals surface area (Å²) in [6.07, 6.45) is -2.03. The normalized spacial score (nSPS) is 14.6. The molecule has 0 saturated carbocycles. The number of hydrogen-bond donors (Lipinski definition) is 2. The van der Waals surface area contributed by atoms with Gasteiger partial charge in [0.05, 0.1) is 12.2 Å². The van der Waals surface area contributed by atoms with Gasteiger partial charge in [0.1, 0.15) is 17.1 Å². The van der Waals surface area contributed by atoms with Gasteiger partial charge in [0.25, 0.3) is 11.8 Å². The molecular formula is C27H22F3N5O4. The third-order valence-corrected chi connectivity index (χ3v) is 6.34. The maximum absolute atomic E-state index is 13.3. The summed E-state index contributed by atoms with van der Waals surface area (Å²) < 4.78 is 42.8. The van der Waals surface area contributed by atoms with Crippen molar-refractivity contribution in [3.05, 3.63) is 94.4 Å². The van der Waals surface area contributed by atoms with Crippen molar-refractivity contribution in [2.45, 2.75) is 38.7 Å². The standard InChI is InChI=1S/C27H22F3N5O4/c1-15(36)17-5-7-20-18(12-17)6-8-21(20)34-26(38)23-13-22(33-24-9-10-32-35(23)24)25(37)31-14-16-3-2-4-19(11-16)39-27(28,29)30/h2-5,7,9-13,21H,6,8,14H2,1H3,(H,31,37)(H,34,38)/t21-/m0/s1. The molecule has 0 spiro atoms. The van der Waals surface area contributed by atoms with Crippen molar-refractivity contribution in [3.8, 4) is 5.75 Å². The van der Waals surface area contributed by atoms with Gasteiger partial charge in [-0.3, -0.25) is 14.4 Å². The molecule has 1 aliphatic rings. The summed E-state index contributed by atoms with van der Waals surface area (Å²) in [7, 11) is 0. The van der Waals surface area contributed by atoms with Crippen LogP contribution in [0.2, 0.25) is 0 Å². The molecule has 0 bridgehead atoms. The van der Waals surface area contributed by atoms with E-state index < -0.39 is 23.9 Å². The third kappa shape index (κ3) is 5.74. The third-order valence-electron chi connectivity index (χ3n) is 6.34. The molecular weight excluding hydrogens is 515 g/mol. The first-order valence-corrected chi connectivity index (χ1v) is 12.0. The molecule has 39 heavy (non-hydrogen) atoms. The van der Waals surface area contributed by atoms with Crippen molar-refractivity contribution in [1.82, 2.24) is 25.2 Å². The highest BCUT2D eigenvalue weighted by atomic mass is 19.4. The molecule has 0 unspecified atom stereocenters. The molecule has 0 radical (unpaired) electrons. The zero-order valence-corrected chi connectivity index (χ0v) is 20.6. The van der Waals surface area contributed by atoms with Crippen LogP contribution in [0, 0.1) is 0 Å². The van der Waals surface area contributed by atoms with Crippen LogP contribution in [0.1, 0.15) is 67.4 Å². The Morgan fingerprint density at radius 2 is 1.90 bits per heavy atom. The van der Waals surface area contributed by atoms with E-state index in [1.807, 2.05) is 12.1 Å². The van der Waals surface area contributed by atoms with E-state index in [0.29, 0.717) is 24.0 Å². The Bertz CT molecular complexity index is 1600. The van der Waals surface area contributed by atoms with Gasteiger partial charge in [0.15, 0.2) is 11.4 Å². The van der Waals surface area contributed by atoms with Crippen LogP contribution in [0.25, 0.3) is 5.65 Å². The topological polar surface area (TPSA) is 115 Å². The molecule has 0 aliphatic heterocycles. The predicted molar refractivity (Wildman–Crippen MR) is 132 cm³/mol. The van der Waals surface area contributed by atoms with Gasteiger partial charge in [-0.1, -0.05) is 24.3 Å². The van der Waals surface area contributed by atoms with Crippen molar-refractivity contribution in [1.29, 1.82) is 0 Å².